The first-order chi connectivity index (χ1) is 10.4. The second-order valence-corrected chi connectivity index (χ2v) is 7.53. The second-order valence-electron chi connectivity index (χ2n) is 5.36. The number of nitrogens with zero attached hydrogens (tertiary/aromatic N) is 2. The van der Waals surface area contributed by atoms with Gasteiger partial charge < -0.3 is 15.7 Å². The number of likely N-dealkylation sites (tertiary alicyclic amines) is 1. The van der Waals surface area contributed by atoms with Crippen LogP contribution in [0.25, 0.3) is 0 Å². The Kier molecular flexibility index (Phi) is 5.99. The van der Waals surface area contributed by atoms with Crippen molar-refractivity contribution in [3.63, 3.8) is 0 Å². The minimum absolute atomic E-state index is 0.0677. The van der Waals surface area contributed by atoms with Gasteiger partial charge in [-0.3, -0.25) is 0 Å². The summed E-state index contributed by atoms with van der Waals surface area (Å²) in [6.45, 7) is 2.80. The Morgan fingerprint density at radius 2 is 2.14 bits per heavy atom. The van der Waals surface area contributed by atoms with Crippen LogP contribution in [0.5, 0.6) is 0 Å². The van der Waals surface area contributed by atoms with Crippen LogP contribution in [-0.4, -0.2) is 55.7 Å². The van der Waals surface area contributed by atoms with Gasteiger partial charge in [0.25, 0.3) is 0 Å². The number of aliphatic hydroxyl groups excluding tert-OH is 1. The van der Waals surface area contributed by atoms with E-state index in [1.54, 1.807) is 0 Å². The van der Waals surface area contributed by atoms with Crippen molar-refractivity contribution in [2.45, 2.75) is 30.3 Å². The number of sulfonamides is 1. The second kappa shape index (κ2) is 7.56. The highest BCUT2D eigenvalue weighted by Gasteiger charge is 2.19. The van der Waals surface area contributed by atoms with Crippen molar-refractivity contribution in [2.24, 2.45) is 0 Å². The van der Waals surface area contributed by atoms with E-state index in [9.17, 15) is 13.5 Å². The van der Waals surface area contributed by atoms with E-state index in [-0.39, 0.29) is 21.8 Å². The van der Waals surface area contributed by atoms with Crippen molar-refractivity contribution in [1.82, 2.24) is 14.6 Å². The van der Waals surface area contributed by atoms with Gasteiger partial charge >= 0.3 is 0 Å². The molecular weight excluding hydrogens is 328 g/mol. The molecule has 2 rings (SSSR count). The largest absolute Gasteiger partial charge is 0.393 e. The number of piperidine rings is 1. The van der Waals surface area contributed by atoms with Gasteiger partial charge in [0.05, 0.1) is 11.1 Å². The minimum atomic E-state index is -3.71. The molecule has 4 N–H and O–H groups in total. The maximum absolute atomic E-state index is 12.2. The normalized spacial score (nSPS) is 17.7. The molecule has 0 saturated carbocycles. The molecule has 0 amide bonds. The van der Waals surface area contributed by atoms with Gasteiger partial charge in [-0.2, -0.15) is 0 Å². The maximum Gasteiger partial charge on any atom is 0.244 e. The number of nitrogens with two attached hydrogens (primary N) is 1. The van der Waals surface area contributed by atoms with Crippen molar-refractivity contribution in [1.29, 1.82) is 0 Å². The fourth-order valence-electron chi connectivity index (χ4n) is 2.38. The number of aliphatic hydroxyl groups is 1. The molecular formula is C13H21ClN4O3S. The van der Waals surface area contributed by atoms with Gasteiger partial charge in [0, 0.05) is 25.8 Å². The van der Waals surface area contributed by atoms with E-state index in [0.29, 0.717) is 13.0 Å². The number of pyridine rings is 1. The molecule has 7 nitrogen and oxygen atoms in total. The summed E-state index contributed by atoms with van der Waals surface area (Å²) in [6, 6.07) is 1.29. The smallest absolute Gasteiger partial charge is 0.244 e. The summed E-state index contributed by atoms with van der Waals surface area (Å²) in [4.78, 5) is 5.87. The van der Waals surface area contributed by atoms with E-state index in [1.807, 2.05) is 0 Å². The lowest BCUT2D eigenvalue weighted by molar-refractivity contribution is 0.0823. The van der Waals surface area contributed by atoms with Crippen LogP contribution in [0, 0.1) is 0 Å². The number of halogens is 1. The fraction of sp³-hybridized carbons (Fsp3) is 0.615. The molecule has 1 aromatic rings. The Balaban J connectivity index is 1.82. The number of hydrogen-bond donors (Lipinski definition) is 3. The van der Waals surface area contributed by atoms with Gasteiger partial charge in [0.1, 0.15) is 10.7 Å². The van der Waals surface area contributed by atoms with Gasteiger partial charge in [-0.05, 0) is 31.9 Å². The average Bonchev–Trinajstić information content (AvgIpc) is 2.48. The van der Waals surface area contributed by atoms with Crippen LogP contribution < -0.4 is 10.5 Å². The summed E-state index contributed by atoms with van der Waals surface area (Å²) >= 11 is 5.76. The zero-order valence-electron chi connectivity index (χ0n) is 12.2. The summed E-state index contributed by atoms with van der Waals surface area (Å²) in [5.41, 5.74) is 5.59. The Morgan fingerprint density at radius 1 is 1.45 bits per heavy atom. The summed E-state index contributed by atoms with van der Waals surface area (Å²) in [7, 11) is -3.71. The Labute approximate surface area is 135 Å². The van der Waals surface area contributed by atoms with Crippen LogP contribution >= 0.6 is 11.6 Å². The number of rotatable bonds is 6. The fourth-order valence-corrected chi connectivity index (χ4v) is 3.78. The zero-order valence-corrected chi connectivity index (χ0v) is 13.8. The number of aromatic nitrogens is 1. The molecule has 1 aromatic heterocycles. The van der Waals surface area contributed by atoms with Crippen LogP contribution in [0.15, 0.2) is 17.2 Å². The van der Waals surface area contributed by atoms with Crippen molar-refractivity contribution in [3.8, 4) is 0 Å². The predicted octanol–water partition coefficient (Wildman–Crippen LogP) is 0.442. The summed E-state index contributed by atoms with van der Waals surface area (Å²) in [5.74, 6) is -0.0677. The third-order valence-electron chi connectivity index (χ3n) is 3.64. The van der Waals surface area contributed by atoms with Crippen molar-refractivity contribution in [3.05, 3.63) is 17.3 Å². The number of nitrogens with one attached hydrogen (secondary N) is 1. The van der Waals surface area contributed by atoms with E-state index < -0.39 is 10.0 Å². The Bertz CT molecular complexity index is 603. The van der Waals surface area contributed by atoms with Crippen LogP contribution in [0.1, 0.15) is 19.3 Å². The monoisotopic (exact) mass is 348 g/mol. The lowest BCUT2D eigenvalue weighted by atomic mass is 10.1. The number of nitrogen functional groups attached to an aromatic ring is 1. The predicted molar refractivity (Wildman–Crippen MR) is 85.1 cm³/mol. The molecule has 1 aliphatic heterocycles. The van der Waals surface area contributed by atoms with Crippen LogP contribution in [0.4, 0.5) is 5.82 Å². The first kappa shape index (κ1) is 17.4. The van der Waals surface area contributed by atoms with Crippen molar-refractivity contribution in [2.75, 3.05) is 31.9 Å². The highest BCUT2D eigenvalue weighted by atomic mass is 35.5. The van der Waals surface area contributed by atoms with Gasteiger partial charge in [-0.1, -0.05) is 11.6 Å². The average molecular weight is 349 g/mol. The van der Waals surface area contributed by atoms with E-state index in [4.69, 9.17) is 17.3 Å². The highest BCUT2D eigenvalue weighted by Crippen LogP contribution is 2.19. The molecule has 0 radical (unpaired) electrons. The van der Waals surface area contributed by atoms with Gasteiger partial charge in [-0.25, -0.2) is 18.1 Å². The molecule has 1 fully saturated rings. The Hall–Kier alpha value is -0.930. The molecule has 0 aliphatic carbocycles. The maximum atomic E-state index is 12.2. The lowest BCUT2D eigenvalue weighted by Gasteiger charge is -2.29. The summed E-state index contributed by atoms with van der Waals surface area (Å²) in [5, 5.41) is 9.66. The highest BCUT2D eigenvalue weighted by molar-refractivity contribution is 7.89. The molecule has 124 valence electrons. The zero-order chi connectivity index (χ0) is 16.2. The molecule has 0 atom stereocenters. The molecule has 9 heteroatoms. The first-order valence-electron chi connectivity index (χ1n) is 7.19. The molecule has 22 heavy (non-hydrogen) atoms. The molecule has 0 unspecified atom stereocenters. The van der Waals surface area contributed by atoms with Crippen molar-refractivity contribution < 1.29 is 13.5 Å². The van der Waals surface area contributed by atoms with E-state index in [0.717, 1.165) is 32.5 Å². The van der Waals surface area contributed by atoms with Gasteiger partial charge in [0.2, 0.25) is 10.0 Å². The standard InChI is InChI=1S/C13H21ClN4O3S/c14-10-8-12(13(15)16-9-10)22(20,21)17-4-1-5-18-6-2-11(19)3-7-18/h8-9,11,17,19H,1-7H2,(H2,15,16). The third kappa shape index (κ3) is 4.79. The molecule has 2 heterocycles. The molecule has 1 aliphatic rings. The number of anilines is 1. The minimum Gasteiger partial charge on any atom is -0.393 e. The summed E-state index contributed by atoms with van der Waals surface area (Å²) in [6.07, 6.45) is 3.34. The lowest BCUT2D eigenvalue weighted by Crippen LogP contribution is -2.37. The molecule has 0 aromatic carbocycles. The molecule has 0 bridgehead atoms. The first-order valence-corrected chi connectivity index (χ1v) is 9.06. The Morgan fingerprint density at radius 3 is 2.82 bits per heavy atom. The SMILES string of the molecule is Nc1ncc(Cl)cc1S(=O)(=O)NCCCN1CCC(O)CC1. The quantitative estimate of drug-likeness (QED) is 0.644. The van der Waals surface area contributed by atoms with Gasteiger partial charge in [0.15, 0.2) is 0 Å². The van der Waals surface area contributed by atoms with E-state index in [2.05, 4.69) is 14.6 Å². The van der Waals surface area contributed by atoms with Gasteiger partial charge in [-0.15, -0.1) is 0 Å². The molecule has 0 spiro atoms. The number of hydrogen-bond acceptors (Lipinski definition) is 6. The van der Waals surface area contributed by atoms with E-state index in [1.165, 1.54) is 12.3 Å². The van der Waals surface area contributed by atoms with Crippen LogP contribution in [0.3, 0.4) is 0 Å². The van der Waals surface area contributed by atoms with Crippen LogP contribution in [0.2, 0.25) is 5.02 Å². The van der Waals surface area contributed by atoms with Crippen molar-refractivity contribution >= 4 is 27.4 Å². The van der Waals surface area contributed by atoms with Crippen LogP contribution in [-0.2, 0) is 10.0 Å². The van der Waals surface area contributed by atoms with E-state index >= 15 is 0 Å². The molecule has 1 saturated heterocycles. The third-order valence-corrected chi connectivity index (χ3v) is 5.34. The summed E-state index contributed by atoms with van der Waals surface area (Å²) < 4.78 is 26.8. The topological polar surface area (TPSA) is 109 Å².